The number of aryl methyl sites for hydroxylation is 1. The van der Waals surface area contributed by atoms with Crippen LogP contribution < -0.4 is 0 Å². The maximum Gasteiger partial charge on any atom is 0.202 e. The van der Waals surface area contributed by atoms with Crippen molar-refractivity contribution in [2.75, 3.05) is 0 Å². The van der Waals surface area contributed by atoms with Gasteiger partial charge in [0.05, 0.1) is 12.7 Å². The zero-order valence-corrected chi connectivity index (χ0v) is 13.7. The van der Waals surface area contributed by atoms with Gasteiger partial charge in [0, 0.05) is 18.6 Å². The van der Waals surface area contributed by atoms with Gasteiger partial charge in [0.2, 0.25) is 5.82 Å². The molecule has 0 N–H and O–H groups in total. The molecule has 0 fully saturated rings. The van der Waals surface area contributed by atoms with Gasteiger partial charge in [0.15, 0.2) is 5.82 Å². The van der Waals surface area contributed by atoms with Crippen molar-refractivity contribution in [1.82, 2.24) is 29.7 Å². The monoisotopic (exact) mass is 328 g/mol. The summed E-state index contributed by atoms with van der Waals surface area (Å²) in [6.45, 7) is 2.68. The van der Waals surface area contributed by atoms with E-state index in [4.69, 9.17) is 0 Å². The molecule has 0 unspecified atom stereocenters. The Morgan fingerprint density at radius 1 is 0.880 bits per heavy atom. The van der Waals surface area contributed by atoms with Crippen LogP contribution in [-0.4, -0.2) is 29.7 Å². The van der Waals surface area contributed by atoms with Crippen molar-refractivity contribution < 1.29 is 0 Å². The van der Waals surface area contributed by atoms with Gasteiger partial charge in [-0.1, -0.05) is 35.9 Å². The topological polar surface area (TPSA) is 69.4 Å². The number of pyridine rings is 1. The molecule has 122 valence electrons. The summed E-state index contributed by atoms with van der Waals surface area (Å²) in [4.78, 5) is 17.5. The fraction of sp³-hybridized carbons (Fsp3) is 0.105. The van der Waals surface area contributed by atoms with Crippen LogP contribution in [0.3, 0.4) is 0 Å². The lowest BCUT2D eigenvalue weighted by atomic mass is 10.1. The number of rotatable bonds is 4. The average molecular weight is 328 g/mol. The molecule has 1 aromatic carbocycles. The van der Waals surface area contributed by atoms with Gasteiger partial charge < -0.3 is 0 Å². The SMILES string of the molecule is Cc1ccc(Cn2nc(-c3cnccn3)nc2-c2ccccn2)cc1. The smallest absolute Gasteiger partial charge is 0.202 e. The standard InChI is InChI=1S/C19H16N6/c1-14-5-7-15(8-6-14)13-25-19(16-4-2-3-9-21-16)23-18(24-25)17-12-20-10-11-22-17/h2-12H,13H2,1H3. The van der Waals surface area contributed by atoms with Crippen molar-refractivity contribution >= 4 is 0 Å². The van der Waals surface area contributed by atoms with Crippen LogP contribution >= 0.6 is 0 Å². The first kappa shape index (κ1) is 15.1. The predicted molar refractivity (Wildman–Crippen MR) is 94.6 cm³/mol. The van der Waals surface area contributed by atoms with Crippen molar-refractivity contribution in [2.24, 2.45) is 0 Å². The number of hydrogen-bond donors (Lipinski definition) is 0. The van der Waals surface area contributed by atoms with Crippen molar-refractivity contribution in [1.29, 1.82) is 0 Å². The number of benzene rings is 1. The number of hydrogen-bond acceptors (Lipinski definition) is 5. The van der Waals surface area contributed by atoms with Crippen LogP contribution in [0.5, 0.6) is 0 Å². The lowest BCUT2D eigenvalue weighted by Gasteiger charge is -2.06. The van der Waals surface area contributed by atoms with Gasteiger partial charge in [0.1, 0.15) is 11.4 Å². The van der Waals surface area contributed by atoms with Gasteiger partial charge in [-0.15, -0.1) is 5.10 Å². The Labute approximate surface area is 145 Å². The Bertz CT molecular complexity index is 962. The number of aromatic nitrogens is 6. The van der Waals surface area contributed by atoms with E-state index in [-0.39, 0.29) is 0 Å². The third-order valence-electron chi connectivity index (χ3n) is 3.81. The Kier molecular flexibility index (Phi) is 4.00. The predicted octanol–water partition coefficient (Wildman–Crippen LogP) is 3.15. The molecule has 0 saturated heterocycles. The van der Waals surface area contributed by atoms with Crippen LogP contribution in [0.2, 0.25) is 0 Å². The second-order valence-electron chi connectivity index (χ2n) is 5.71. The normalized spacial score (nSPS) is 10.8. The van der Waals surface area contributed by atoms with E-state index in [0.29, 0.717) is 23.9 Å². The first-order valence-corrected chi connectivity index (χ1v) is 7.98. The molecule has 6 nitrogen and oxygen atoms in total. The molecule has 0 aliphatic rings. The van der Waals surface area contributed by atoms with E-state index in [1.807, 2.05) is 22.9 Å². The first-order chi connectivity index (χ1) is 12.3. The van der Waals surface area contributed by atoms with Gasteiger partial charge in [-0.2, -0.15) is 0 Å². The summed E-state index contributed by atoms with van der Waals surface area (Å²) in [6.07, 6.45) is 6.68. The van der Waals surface area contributed by atoms with Crippen LogP contribution in [0.4, 0.5) is 0 Å². The molecule has 0 radical (unpaired) electrons. The molecule has 0 atom stereocenters. The summed E-state index contributed by atoms with van der Waals surface area (Å²) in [7, 11) is 0. The highest BCUT2D eigenvalue weighted by molar-refractivity contribution is 5.55. The summed E-state index contributed by atoms with van der Waals surface area (Å²) in [6, 6.07) is 14.1. The van der Waals surface area contributed by atoms with Gasteiger partial charge >= 0.3 is 0 Å². The van der Waals surface area contributed by atoms with E-state index in [1.165, 1.54) is 5.56 Å². The minimum absolute atomic E-state index is 0.542. The van der Waals surface area contributed by atoms with E-state index in [9.17, 15) is 0 Å². The number of nitrogens with zero attached hydrogens (tertiary/aromatic N) is 6. The summed E-state index contributed by atoms with van der Waals surface area (Å²) in [5.74, 6) is 1.25. The Morgan fingerprint density at radius 2 is 1.72 bits per heavy atom. The van der Waals surface area contributed by atoms with Crippen LogP contribution in [0.15, 0.2) is 67.3 Å². The van der Waals surface area contributed by atoms with E-state index in [2.05, 4.69) is 56.2 Å². The molecule has 0 spiro atoms. The second-order valence-corrected chi connectivity index (χ2v) is 5.71. The Morgan fingerprint density at radius 3 is 2.44 bits per heavy atom. The van der Waals surface area contributed by atoms with Gasteiger partial charge in [0.25, 0.3) is 0 Å². The van der Waals surface area contributed by atoms with Crippen LogP contribution in [0, 0.1) is 6.92 Å². The molecule has 4 rings (SSSR count). The maximum absolute atomic E-state index is 4.65. The molecule has 6 heteroatoms. The van der Waals surface area contributed by atoms with E-state index >= 15 is 0 Å². The molecular formula is C19H16N6. The molecule has 25 heavy (non-hydrogen) atoms. The van der Waals surface area contributed by atoms with Crippen molar-refractivity contribution in [2.45, 2.75) is 13.5 Å². The Balaban J connectivity index is 1.78. The van der Waals surface area contributed by atoms with E-state index in [1.54, 1.807) is 24.8 Å². The average Bonchev–Trinajstić information content (AvgIpc) is 3.09. The zero-order chi connectivity index (χ0) is 17.1. The fourth-order valence-electron chi connectivity index (χ4n) is 2.53. The third-order valence-corrected chi connectivity index (χ3v) is 3.81. The van der Waals surface area contributed by atoms with E-state index in [0.717, 1.165) is 11.3 Å². The molecule has 3 heterocycles. The lowest BCUT2D eigenvalue weighted by molar-refractivity contribution is 0.692. The van der Waals surface area contributed by atoms with Crippen LogP contribution in [0.25, 0.3) is 23.0 Å². The molecule has 0 amide bonds. The summed E-state index contributed by atoms with van der Waals surface area (Å²) in [5.41, 5.74) is 3.80. The maximum atomic E-state index is 4.65. The van der Waals surface area contributed by atoms with Crippen molar-refractivity contribution in [3.63, 3.8) is 0 Å². The summed E-state index contributed by atoms with van der Waals surface area (Å²) in [5, 5.41) is 4.64. The van der Waals surface area contributed by atoms with E-state index < -0.39 is 0 Å². The third kappa shape index (κ3) is 3.28. The highest BCUT2D eigenvalue weighted by Crippen LogP contribution is 2.20. The molecular weight excluding hydrogens is 312 g/mol. The van der Waals surface area contributed by atoms with Crippen LogP contribution in [0.1, 0.15) is 11.1 Å². The van der Waals surface area contributed by atoms with Crippen molar-refractivity contribution in [3.05, 3.63) is 78.4 Å². The van der Waals surface area contributed by atoms with Crippen molar-refractivity contribution in [3.8, 4) is 23.0 Å². The molecule has 3 aromatic heterocycles. The lowest BCUT2D eigenvalue weighted by Crippen LogP contribution is -2.05. The minimum Gasteiger partial charge on any atom is -0.261 e. The minimum atomic E-state index is 0.542. The fourth-order valence-corrected chi connectivity index (χ4v) is 2.53. The zero-order valence-electron chi connectivity index (χ0n) is 13.7. The highest BCUT2D eigenvalue weighted by atomic mass is 15.4. The first-order valence-electron chi connectivity index (χ1n) is 7.98. The molecule has 0 saturated carbocycles. The molecule has 0 aliphatic carbocycles. The molecule has 0 bridgehead atoms. The van der Waals surface area contributed by atoms with Crippen LogP contribution in [-0.2, 0) is 6.54 Å². The highest BCUT2D eigenvalue weighted by Gasteiger charge is 2.15. The molecule has 4 aromatic rings. The largest absolute Gasteiger partial charge is 0.261 e. The second kappa shape index (κ2) is 6.60. The summed E-state index contributed by atoms with van der Waals surface area (Å²) >= 11 is 0. The summed E-state index contributed by atoms with van der Waals surface area (Å²) < 4.78 is 1.86. The molecule has 0 aliphatic heterocycles. The van der Waals surface area contributed by atoms with Gasteiger partial charge in [-0.05, 0) is 24.6 Å². The Hall–Kier alpha value is -3.41. The quantitative estimate of drug-likeness (QED) is 0.575. The van der Waals surface area contributed by atoms with Gasteiger partial charge in [-0.25, -0.2) is 14.6 Å². The van der Waals surface area contributed by atoms with Gasteiger partial charge in [-0.3, -0.25) is 9.97 Å².